The van der Waals surface area contributed by atoms with Crippen molar-refractivity contribution in [3.05, 3.63) is 47.3 Å². The normalized spacial score (nSPS) is 19.4. The molecule has 150 valence electrons. The third-order valence-electron chi connectivity index (χ3n) is 5.67. The van der Waals surface area contributed by atoms with E-state index in [1.807, 2.05) is 0 Å². The van der Waals surface area contributed by atoms with Gasteiger partial charge in [0.15, 0.2) is 5.69 Å². The Balaban J connectivity index is 1.40. The lowest BCUT2D eigenvalue weighted by atomic mass is 9.94. The van der Waals surface area contributed by atoms with Crippen LogP contribution < -0.4 is 10.6 Å². The Labute approximate surface area is 160 Å². The van der Waals surface area contributed by atoms with Crippen molar-refractivity contribution in [1.82, 2.24) is 25.6 Å². The molecule has 9 heteroatoms. The molecule has 1 aliphatic carbocycles. The number of nitrogens with zero attached hydrogens (tertiary/aromatic N) is 3. The Kier molecular flexibility index (Phi) is 4.86. The summed E-state index contributed by atoms with van der Waals surface area (Å²) < 4.78 is 40.7. The molecular weight excluding hydrogens is 371 g/mol. The van der Waals surface area contributed by atoms with Crippen LogP contribution in [-0.2, 0) is 11.6 Å². The molecule has 0 radical (unpaired) electrons. The SMILES string of the molecule is O=C(NCC1(c2cccc(C(F)(F)F)c2)CC1)c1cn(C2CCNCC2)nn1. The van der Waals surface area contributed by atoms with E-state index in [-0.39, 0.29) is 24.2 Å². The van der Waals surface area contributed by atoms with Crippen LogP contribution >= 0.6 is 0 Å². The molecule has 1 aromatic heterocycles. The lowest BCUT2D eigenvalue weighted by molar-refractivity contribution is -0.137. The predicted molar refractivity (Wildman–Crippen MR) is 95.9 cm³/mol. The first-order valence-corrected chi connectivity index (χ1v) is 9.46. The Morgan fingerprint density at radius 3 is 2.71 bits per heavy atom. The maximum absolute atomic E-state index is 13.0. The third-order valence-corrected chi connectivity index (χ3v) is 5.67. The number of alkyl halides is 3. The second-order valence-electron chi connectivity index (χ2n) is 7.61. The van der Waals surface area contributed by atoms with Gasteiger partial charge in [0, 0.05) is 12.0 Å². The second-order valence-corrected chi connectivity index (χ2v) is 7.61. The van der Waals surface area contributed by atoms with Crippen molar-refractivity contribution in [3.8, 4) is 0 Å². The number of benzene rings is 1. The second kappa shape index (κ2) is 7.20. The van der Waals surface area contributed by atoms with Gasteiger partial charge in [0.2, 0.25) is 0 Å². The molecule has 0 unspecified atom stereocenters. The zero-order valence-electron chi connectivity index (χ0n) is 15.3. The topological polar surface area (TPSA) is 71.8 Å². The lowest BCUT2D eigenvalue weighted by Gasteiger charge is -2.22. The van der Waals surface area contributed by atoms with E-state index in [1.165, 1.54) is 12.1 Å². The number of carbonyl (C=O) groups is 1. The maximum atomic E-state index is 13.0. The Hall–Kier alpha value is -2.42. The van der Waals surface area contributed by atoms with E-state index in [1.54, 1.807) is 16.9 Å². The number of rotatable bonds is 5. The average molecular weight is 393 g/mol. The van der Waals surface area contributed by atoms with Crippen molar-refractivity contribution in [2.24, 2.45) is 0 Å². The zero-order chi connectivity index (χ0) is 19.8. The first-order valence-electron chi connectivity index (χ1n) is 9.46. The van der Waals surface area contributed by atoms with E-state index in [9.17, 15) is 18.0 Å². The van der Waals surface area contributed by atoms with Gasteiger partial charge in [0.1, 0.15) is 0 Å². The summed E-state index contributed by atoms with van der Waals surface area (Å²) in [7, 11) is 0. The van der Waals surface area contributed by atoms with Gasteiger partial charge in [-0.2, -0.15) is 13.2 Å². The van der Waals surface area contributed by atoms with Crippen LogP contribution in [0.1, 0.15) is 53.3 Å². The molecule has 28 heavy (non-hydrogen) atoms. The van der Waals surface area contributed by atoms with E-state index in [0.29, 0.717) is 5.56 Å². The number of amides is 1. The Morgan fingerprint density at radius 1 is 1.29 bits per heavy atom. The molecule has 2 fully saturated rings. The van der Waals surface area contributed by atoms with Crippen molar-refractivity contribution >= 4 is 5.91 Å². The first-order chi connectivity index (χ1) is 13.4. The van der Waals surface area contributed by atoms with Crippen LogP contribution in [0.5, 0.6) is 0 Å². The monoisotopic (exact) mass is 393 g/mol. The highest BCUT2D eigenvalue weighted by Gasteiger charge is 2.45. The molecule has 2 N–H and O–H groups in total. The summed E-state index contributed by atoms with van der Waals surface area (Å²) >= 11 is 0. The van der Waals surface area contributed by atoms with Crippen LogP contribution in [0.4, 0.5) is 13.2 Å². The summed E-state index contributed by atoms with van der Waals surface area (Å²) in [6, 6.07) is 5.60. The van der Waals surface area contributed by atoms with Gasteiger partial charge in [0.25, 0.3) is 5.91 Å². The smallest absolute Gasteiger partial charge is 0.350 e. The molecular formula is C19H22F3N5O. The minimum Gasteiger partial charge on any atom is -0.350 e. The minimum absolute atomic E-state index is 0.232. The average Bonchev–Trinajstić information content (AvgIpc) is 3.33. The van der Waals surface area contributed by atoms with Gasteiger partial charge in [-0.3, -0.25) is 4.79 Å². The number of piperidine rings is 1. The molecule has 0 spiro atoms. The predicted octanol–water partition coefficient (Wildman–Crippen LogP) is 2.68. The number of hydrogen-bond donors (Lipinski definition) is 2. The molecule has 1 saturated heterocycles. The molecule has 0 atom stereocenters. The van der Waals surface area contributed by atoms with Crippen LogP contribution in [0.2, 0.25) is 0 Å². The van der Waals surface area contributed by atoms with Crippen LogP contribution in [-0.4, -0.2) is 40.5 Å². The van der Waals surface area contributed by atoms with E-state index in [4.69, 9.17) is 0 Å². The number of hydrogen-bond acceptors (Lipinski definition) is 4. The molecule has 1 amide bonds. The molecule has 1 saturated carbocycles. The maximum Gasteiger partial charge on any atom is 0.416 e. The summed E-state index contributed by atoms with van der Waals surface area (Å²) in [6.07, 6.45) is 0.635. The largest absolute Gasteiger partial charge is 0.416 e. The molecule has 2 heterocycles. The quantitative estimate of drug-likeness (QED) is 0.819. The van der Waals surface area contributed by atoms with Gasteiger partial charge in [-0.1, -0.05) is 23.4 Å². The molecule has 2 aliphatic rings. The number of nitrogens with one attached hydrogen (secondary N) is 2. The number of aromatic nitrogens is 3. The van der Waals surface area contributed by atoms with Crippen molar-refractivity contribution in [2.45, 2.75) is 43.3 Å². The van der Waals surface area contributed by atoms with Gasteiger partial charge in [-0.05, 0) is 50.4 Å². The lowest BCUT2D eigenvalue weighted by Crippen LogP contribution is -2.32. The van der Waals surface area contributed by atoms with Crippen LogP contribution in [0.15, 0.2) is 30.5 Å². The molecule has 1 aromatic carbocycles. The first kappa shape index (κ1) is 18.9. The summed E-state index contributed by atoms with van der Waals surface area (Å²) in [4.78, 5) is 12.5. The van der Waals surface area contributed by atoms with E-state index in [0.717, 1.165) is 44.8 Å². The van der Waals surface area contributed by atoms with Crippen molar-refractivity contribution in [2.75, 3.05) is 19.6 Å². The third kappa shape index (κ3) is 3.89. The number of carbonyl (C=O) groups excluding carboxylic acids is 1. The van der Waals surface area contributed by atoms with E-state index < -0.39 is 17.2 Å². The molecule has 1 aliphatic heterocycles. The summed E-state index contributed by atoms with van der Waals surface area (Å²) in [5.74, 6) is -0.349. The van der Waals surface area contributed by atoms with Crippen LogP contribution in [0.3, 0.4) is 0 Å². The van der Waals surface area contributed by atoms with Crippen molar-refractivity contribution in [1.29, 1.82) is 0 Å². The molecule has 2 aromatic rings. The summed E-state index contributed by atoms with van der Waals surface area (Å²) in [5.41, 5.74) is -0.242. The van der Waals surface area contributed by atoms with Gasteiger partial charge in [-0.25, -0.2) is 4.68 Å². The fraction of sp³-hybridized carbons (Fsp3) is 0.526. The van der Waals surface area contributed by atoms with Gasteiger partial charge in [0.05, 0.1) is 17.8 Å². The Morgan fingerprint density at radius 2 is 2.04 bits per heavy atom. The Bertz CT molecular complexity index is 853. The molecule has 0 bridgehead atoms. The fourth-order valence-corrected chi connectivity index (χ4v) is 3.71. The molecule has 4 rings (SSSR count). The van der Waals surface area contributed by atoms with Crippen molar-refractivity contribution in [3.63, 3.8) is 0 Å². The van der Waals surface area contributed by atoms with Crippen LogP contribution in [0, 0.1) is 0 Å². The fourth-order valence-electron chi connectivity index (χ4n) is 3.71. The van der Waals surface area contributed by atoms with Crippen LogP contribution in [0.25, 0.3) is 0 Å². The van der Waals surface area contributed by atoms with Crippen molar-refractivity contribution < 1.29 is 18.0 Å². The van der Waals surface area contributed by atoms with Gasteiger partial charge in [-0.15, -0.1) is 5.10 Å². The number of halogens is 3. The molecule has 6 nitrogen and oxygen atoms in total. The van der Waals surface area contributed by atoms with Gasteiger partial charge < -0.3 is 10.6 Å². The summed E-state index contributed by atoms with van der Waals surface area (Å²) in [5, 5.41) is 14.1. The standard InChI is InChI=1S/C19H22F3N5O/c20-19(21,22)14-3-1-2-13(10-14)18(6-7-18)12-24-17(28)16-11-27(26-25-16)15-4-8-23-9-5-15/h1-3,10-11,15,23H,4-9,12H2,(H,24,28). The van der Waals surface area contributed by atoms with E-state index in [2.05, 4.69) is 20.9 Å². The minimum atomic E-state index is -4.37. The zero-order valence-corrected chi connectivity index (χ0v) is 15.3. The highest BCUT2D eigenvalue weighted by molar-refractivity contribution is 5.91. The highest BCUT2D eigenvalue weighted by atomic mass is 19.4. The van der Waals surface area contributed by atoms with Gasteiger partial charge >= 0.3 is 6.18 Å². The van der Waals surface area contributed by atoms with E-state index >= 15 is 0 Å². The highest BCUT2D eigenvalue weighted by Crippen LogP contribution is 2.48. The summed E-state index contributed by atoms with van der Waals surface area (Å²) in [6.45, 7) is 2.10.